The number of nitrogens with zero attached hydrogens (tertiary/aromatic N) is 1. The third-order valence-corrected chi connectivity index (χ3v) is 3.73. The highest BCUT2D eigenvalue weighted by Gasteiger charge is 2.36. The van der Waals surface area contributed by atoms with Crippen molar-refractivity contribution in [3.8, 4) is 0 Å². The van der Waals surface area contributed by atoms with Crippen LogP contribution in [0.1, 0.15) is 52.9 Å². The van der Waals surface area contributed by atoms with Crippen LogP contribution in [0.15, 0.2) is 12.2 Å². The van der Waals surface area contributed by atoms with Gasteiger partial charge in [-0.2, -0.15) is 0 Å². The number of cyclic esters (lactones) is 1. The number of carbonyl (C=O) groups excluding carboxylic acids is 2. The summed E-state index contributed by atoms with van der Waals surface area (Å²) in [5, 5.41) is 0. The molecule has 0 unspecified atom stereocenters. The molecule has 1 fully saturated rings. The Hall–Kier alpha value is -1.52. The van der Waals surface area contributed by atoms with E-state index in [9.17, 15) is 9.59 Å². The molecule has 0 bridgehead atoms. The van der Waals surface area contributed by atoms with Gasteiger partial charge in [-0.3, -0.25) is 0 Å². The minimum Gasteiger partial charge on any atom is -0.453 e. The molecule has 2 aliphatic rings. The van der Waals surface area contributed by atoms with Crippen LogP contribution in [0.2, 0.25) is 0 Å². The molecule has 0 aliphatic carbocycles. The quantitative estimate of drug-likeness (QED) is 0.698. The van der Waals surface area contributed by atoms with Crippen LogP contribution in [-0.2, 0) is 14.3 Å². The molecular weight excluding hydrogens is 270 g/mol. The van der Waals surface area contributed by atoms with Gasteiger partial charge in [0.1, 0.15) is 11.7 Å². The summed E-state index contributed by atoms with van der Waals surface area (Å²) in [4.78, 5) is 25.5. The number of esters is 1. The van der Waals surface area contributed by atoms with Gasteiger partial charge >= 0.3 is 12.1 Å². The van der Waals surface area contributed by atoms with Crippen LogP contribution in [0, 0.1) is 0 Å². The largest absolute Gasteiger partial charge is 0.453 e. The lowest BCUT2D eigenvalue weighted by Gasteiger charge is -2.36. The van der Waals surface area contributed by atoms with Crippen molar-refractivity contribution in [2.45, 2.75) is 70.6 Å². The highest BCUT2D eigenvalue weighted by molar-refractivity contribution is 5.84. The first-order chi connectivity index (χ1) is 9.87. The van der Waals surface area contributed by atoms with Gasteiger partial charge in [0.2, 0.25) is 0 Å². The molecule has 118 valence electrons. The smallest absolute Gasteiger partial charge is 0.410 e. The molecule has 2 rings (SSSR count). The second-order valence-electron chi connectivity index (χ2n) is 6.70. The molecule has 2 aliphatic heterocycles. The van der Waals surface area contributed by atoms with Gasteiger partial charge in [-0.05, 0) is 39.7 Å². The first-order valence-corrected chi connectivity index (χ1v) is 7.75. The van der Waals surface area contributed by atoms with Crippen LogP contribution in [0.25, 0.3) is 0 Å². The average Bonchev–Trinajstić information content (AvgIpc) is 2.72. The van der Waals surface area contributed by atoms with Crippen molar-refractivity contribution in [2.24, 2.45) is 0 Å². The maximum absolute atomic E-state index is 12.5. The van der Waals surface area contributed by atoms with Crippen molar-refractivity contribution >= 4 is 12.1 Å². The topological polar surface area (TPSA) is 55.8 Å². The van der Waals surface area contributed by atoms with Crippen LogP contribution in [0.3, 0.4) is 0 Å². The Morgan fingerprint density at radius 1 is 1.29 bits per heavy atom. The standard InChI is InChI=1S/C16H25NO4/c1-16(2,3)21-15(19)17-11-7-5-4-6-8-12(17)13-9-10-14(18)20-13/h9-10,12-13H,4-8,11H2,1-3H3/t12-,13-/m1/s1. The summed E-state index contributed by atoms with van der Waals surface area (Å²) in [6, 6.07) is -0.122. The zero-order chi connectivity index (χ0) is 15.5. The molecule has 0 saturated carbocycles. The lowest BCUT2D eigenvalue weighted by Crippen LogP contribution is -2.49. The predicted octanol–water partition coefficient (Wildman–Crippen LogP) is 3.04. The SMILES string of the molecule is CC(C)(C)OC(=O)N1CCCCCC[C@@H]1[C@H]1C=CC(=O)O1. The molecule has 21 heavy (non-hydrogen) atoms. The van der Waals surface area contributed by atoms with Crippen LogP contribution >= 0.6 is 0 Å². The Labute approximate surface area is 126 Å². The summed E-state index contributed by atoms with van der Waals surface area (Å²) >= 11 is 0. The molecule has 0 aromatic heterocycles. The third-order valence-electron chi connectivity index (χ3n) is 3.73. The molecule has 2 heterocycles. The normalized spacial score (nSPS) is 27.0. The average molecular weight is 295 g/mol. The van der Waals surface area contributed by atoms with Crippen molar-refractivity contribution in [2.75, 3.05) is 6.54 Å². The Morgan fingerprint density at radius 2 is 2.00 bits per heavy atom. The molecule has 0 spiro atoms. The van der Waals surface area contributed by atoms with E-state index >= 15 is 0 Å². The number of hydrogen-bond donors (Lipinski definition) is 0. The lowest BCUT2D eigenvalue weighted by atomic mass is 9.98. The summed E-state index contributed by atoms with van der Waals surface area (Å²) in [6.45, 7) is 6.24. The van der Waals surface area contributed by atoms with Crippen LogP contribution in [0.5, 0.6) is 0 Å². The molecule has 5 heteroatoms. The van der Waals surface area contributed by atoms with Gasteiger partial charge in [-0.15, -0.1) is 0 Å². The molecule has 1 saturated heterocycles. The Bertz CT molecular complexity index is 424. The van der Waals surface area contributed by atoms with E-state index in [1.54, 1.807) is 11.0 Å². The van der Waals surface area contributed by atoms with Gasteiger partial charge in [-0.1, -0.05) is 19.3 Å². The highest BCUT2D eigenvalue weighted by atomic mass is 16.6. The summed E-state index contributed by atoms with van der Waals surface area (Å²) in [7, 11) is 0. The second kappa shape index (κ2) is 6.50. The summed E-state index contributed by atoms with van der Waals surface area (Å²) in [5.41, 5.74) is -0.522. The second-order valence-corrected chi connectivity index (χ2v) is 6.70. The predicted molar refractivity (Wildman–Crippen MR) is 78.8 cm³/mol. The zero-order valence-corrected chi connectivity index (χ0v) is 13.1. The lowest BCUT2D eigenvalue weighted by molar-refractivity contribution is -0.141. The molecule has 0 N–H and O–H groups in total. The van der Waals surface area contributed by atoms with Crippen LogP contribution in [0.4, 0.5) is 4.79 Å². The number of hydrogen-bond acceptors (Lipinski definition) is 4. The van der Waals surface area contributed by atoms with Gasteiger partial charge in [0.05, 0.1) is 6.04 Å². The van der Waals surface area contributed by atoms with Gasteiger partial charge in [0.15, 0.2) is 0 Å². The number of amides is 1. The summed E-state index contributed by atoms with van der Waals surface area (Å²) in [6.07, 6.45) is 7.64. The van der Waals surface area contributed by atoms with Crippen molar-refractivity contribution < 1.29 is 19.1 Å². The molecule has 0 radical (unpaired) electrons. The van der Waals surface area contributed by atoms with E-state index in [-0.39, 0.29) is 24.2 Å². The summed E-state index contributed by atoms with van der Waals surface area (Å²) in [5.74, 6) is -0.328. The van der Waals surface area contributed by atoms with E-state index in [1.165, 1.54) is 6.08 Å². The van der Waals surface area contributed by atoms with E-state index < -0.39 is 5.60 Å². The van der Waals surface area contributed by atoms with Crippen molar-refractivity contribution in [3.63, 3.8) is 0 Å². The zero-order valence-electron chi connectivity index (χ0n) is 13.1. The number of rotatable bonds is 1. The molecule has 1 amide bonds. The first-order valence-electron chi connectivity index (χ1n) is 7.75. The molecule has 5 nitrogen and oxygen atoms in total. The number of ether oxygens (including phenoxy) is 2. The van der Waals surface area contributed by atoms with Gasteiger partial charge in [0.25, 0.3) is 0 Å². The first kappa shape index (κ1) is 15.9. The summed E-state index contributed by atoms with van der Waals surface area (Å²) < 4.78 is 10.8. The van der Waals surface area contributed by atoms with E-state index in [0.29, 0.717) is 6.54 Å². The van der Waals surface area contributed by atoms with Gasteiger partial charge < -0.3 is 14.4 Å². The minimum atomic E-state index is -0.522. The van der Waals surface area contributed by atoms with E-state index in [0.717, 1.165) is 32.1 Å². The van der Waals surface area contributed by atoms with Gasteiger partial charge in [-0.25, -0.2) is 9.59 Å². The minimum absolute atomic E-state index is 0.122. The molecule has 0 aromatic carbocycles. The van der Waals surface area contributed by atoms with Crippen molar-refractivity contribution in [3.05, 3.63) is 12.2 Å². The van der Waals surface area contributed by atoms with Crippen molar-refractivity contribution in [1.82, 2.24) is 4.90 Å². The molecule has 2 atom stereocenters. The fourth-order valence-corrected chi connectivity index (χ4v) is 2.79. The fraction of sp³-hybridized carbons (Fsp3) is 0.750. The molecular formula is C16H25NO4. The molecule has 0 aromatic rings. The van der Waals surface area contributed by atoms with E-state index in [2.05, 4.69) is 0 Å². The van der Waals surface area contributed by atoms with E-state index in [1.807, 2.05) is 20.8 Å². The van der Waals surface area contributed by atoms with Gasteiger partial charge in [0, 0.05) is 12.6 Å². The highest BCUT2D eigenvalue weighted by Crippen LogP contribution is 2.25. The third kappa shape index (κ3) is 4.48. The van der Waals surface area contributed by atoms with Crippen molar-refractivity contribution in [1.29, 1.82) is 0 Å². The maximum atomic E-state index is 12.5. The van der Waals surface area contributed by atoms with Crippen LogP contribution in [-0.4, -0.2) is 41.3 Å². The Morgan fingerprint density at radius 3 is 2.62 bits per heavy atom. The fourth-order valence-electron chi connectivity index (χ4n) is 2.79. The maximum Gasteiger partial charge on any atom is 0.410 e. The monoisotopic (exact) mass is 295 g/mol. The van der Waals surface area contributed by atoms with E-state index in [4.69, 9.17) is 9.47 Å². The number of carbonyl (C=O) groups is 2. The van der Waals surface area contributed by atoms with Crippen LogP contribution < -0.4 is 0 Å². The number of likely N-dealkylation sites (tertiary alicyclic amines) is 1. The Kier molecular flexibility index (Phi) is 4.91. The Balaban J connectivity index is 2.12.